The predicted molar refractivity (Wildman–Crippen MR) is 117 cm³/mol. The minimum atomic E-state index is -0.480. The van der Waals surface area contributed by atoms with Crippen molar-refractivity contribution >= 4 is 6.09 Å². The molecule has 3 fully saturated rings. The van der Waals surface area contributed by atoms with Crippen LogP contribution in [0, 0.1) is 17.1 Å². The summed E-state index contributed by atoms with van der Waals surface area (Å²) in [5.41, 5.74) is -0.248. The van der Waals surface area contributed by atoms with E-state index in [1.54, 1.807) is 0 Å². The van der Waals surface area contributed by atoms with E-state index in [1.807, 2.05) is 31.7 Å². The van der Waals surface area contributed by atoms with Gasteiger partial charge in [0.2, 0.25) is 0 Å². The number of rotatable bonds is 4. The van der Waals surface area contributed by atoms with Crippen LogP contribution in [0.5, 0.6) is 5.75 Å². The van der Waals surface area contributed by atoms with Gasteiger partial charge in [0.05, 0.1) is 23.9 Å². The second kappa shape index (κ2) is 9.27. The Morgan fingerprint density at radius 2 is 1.66 bits per heavy atom. The van der Waals surface area contributed by atoms with Gasteiger partial charge in [-0.05, 0) is 90.3 Å². The molecule has 2 atom stereocenters. The number of nitriles is 1. The van der Waals surface area contributed by atoms with Crippen LogP contribution >= 0.6 is 0 Å². The minimum Gasteiger partial charge on any atom is -0.489 e. The van der Waals surface area contributed by atoms with Crippen LogP contribution < -0.4 is 4.74 Å². The monoisotopic (exact) mass is 444 g/mol. The molecule has 1 saturated carbocycles. The van der Waals surface area contributed by atoms with Gasteiger partial charge in [0, 0.05) is 12.1 Å². The van der Waals surface area contributed by atoms with Gasteiger partial charge in [0.15, 0.2) is 0 Å². The van der Waals surface area contributed by atoms with E-state index in [-0.39, 0.29) is 42.1 Å². The Balaban J connectivity index is 1.25. The van der Waals surface area contributed by atoms with Gasteiger partial charge in [0.25, 0.3) is 0 Å². The van der Waals surface area contributed by atoms with E-state index in [2.05, 4.69) is 0 Å². The molecule has 0 N–H and O–H groups in total. The summed E-state index contributed by atoms with van der Waals surface area (Å²) < 4.78 is 31.4. The Morgan fingerprint density at radius 3 is 2.25 bits per heavy atom. The number of nitrogens with zero attached hydrogens (tertiary/aromatic N) is 2. The lowest BCUT2D eigenvalue weighted by atomic mass is 9.93. The first-order chi connectivity index (χ1) is 15.2. The molecule has 2 aliphatic heterocycles. The lowest BCUT2D eigenvalue weighted by Gasteiger charge is -2.41. The summed E-state index contributed by atoms with van der Waals surface area (Å²) in [7, 11) is 0. The van der Waals surface area contributed by atoms with Gasteiger partial charge in [-0.3, -0.25) is 0 Å². The molecule has 1 aliphatic carbocycles. The second-order valence-corrected chi connectivity index (χ2v) is 10.3. The summed E-state index contributed by atoms with van der Waals surface area (Å²) in [6.07, 6.45) is 7.44. The van der Waals surface area contributed by atoms with Gasteiger partial charge in [0.1, 0.15) is 23.2 Å². The maximum Gasteiger partial charge on any atom is 0.410 e. The average Bonchev–Trinajstić information content (AvgIpc) is 3.00. The van der Waals surface area contributed by atoms with E-state index in [0.29, 0.717) is 5.75 Å². The van der Waals surface area contributed by atoms with Crippen LogP contribution in [0.25, 0.3) is 0 Å². The summed E-state index contributed by atoms with van der Waals surface area (Å²) in [4.78, 5) is 14.6. The summed E-state index contributed by atoms with van der Waals surface area (Å²) >= 11 is 0. The molecule has 2 bridgehead atoms. The van der Waals surface area contributed by atoms with E-state index in [4.69, 9.17) is 14.2 Å². The summed E-state index contributed by atoms with van der Waals surface area (Å²) in [6.45, 7) is 5.71. The molecular weight excluding hydrogens is 411 g/mol. The zero-order valence-corrected chi connectivity index (χ0v) is 19.2. The maximum atomic E-state index is 13.3. The normalized spacial score (nSPS) is 30.0. The number of ether oxygens (including phenoxy) is 3. The lowest BCUT2D eigenvalue weighted by molar-refractivity contribution is -0.0812. The number of carbonyl (C=O) groups is 1. The van der Waals surface area contributed by atoms with Crippen LogP contribution in [0.1, 0.15) is 77.7 Å². The Morgan fingerprint density at radius 1 is 1.03 bits per heavy atom. The van der Waals surface area contributed by atoms with E-state index in [1.165, 1.54) is 18.2 Å². The highest BCUT2D eigenvalue weighted by Crippen LogP contribution is 2.39. The Hall–Kier alpha value is -2.33. The van der Waals surface area contributed by atoms with Crippen molar-refractivity contribution in [3.8, 4) is 11.8 Å². The number of benzene rings is 1. The first kappa shape index (κ1) is 22.8. The molecule has 2 heterocycles. The molecule has 2 unspecified atom stereocenters. The number of piperidine rings is 1. The average molecular weight is 445 g/mol. The highest BCUT2D eigenvalue weighted by Gasteiger charge is 2.45. The molecule has 6 nitrogen and oxygen atoms in total. The third-order valence-electron chi connectivity index (χ3n) is 6.66. The van der Waals surface area contributed by atoms with Crippen molar-refractivity contribution in [1.29, 1.82) is 5.26 Å². The summed E-state index contributed by atoms with van der Waals surface area (Å²) in [5.74, 6) is 0.0158. The zero-order valence-electron chi connectivity index (χ0n) is 19.2. The molecule has 2 saturated heterocycles. The van der Waals surface area contributed by atoms with Gasteiger partial charge < -0.3 is 19.1 Å². The largest absolute Gasteiger partial charge is 0.489 e. The molecule has 0 aromatic heterocycles. The van der Waals surface area contributed by atoms with Crippen LogP contribution in [0.2, 0.25) is 0 Å². The van der Waals surface area contributed by atoms with Crippen LogP contribution in [0.15, 0.2) is 18.2 Å². The van der Waals surface area contributed by atoms with Crippen molar-refractivity contribution in [3.63, 3.8) is 0 Å². The fraction of sp³-hybridized carbons (Fsp3) is 0.680. The Bertz CT molecular complexity index is 856. The van der Waals surface area contributed by atoms with Gasteiger partial charge in [-0.2, -0.15) is 5.26 Å². The van der Waals surface area contributed by atoms with Crippen LogP contribution in [-0.2, 0) is 9.47 Å². The molecule has 32 heavy (non-hydrogen) atoms. The third-order valence-corrected chi connectivity index (χ3v) is 6.66. The van der Waals surface area contributed by atoms with Gasteiger partial charge in [-0.25, -0.2) is 9.18 Å². The molecule has 4 rings (SSSR count). The van der Waals surface area contributed by atoms with Crippen molar-refractivity contribution in [2.24, 2.45) is 0 Å². The SMILES string of the molecule is CC(C)(C)OC(=O)N1C2CCC1CC(OC1CCC(Oc3ccc(F)cc3C#N)CC1)C2. The third kappa shape index (κ3) is 5.35. The predicted octanol–water partition coefficient (Wildman–Crippen LogP) is 5.33. The van der Waals surface area contributed by atoms with Gasteiger partial charge >= 0.3 is 6.09 Å². The van der Waals surface area contributed by atoms with Crippen molar-refractivity contribution in [2.75, 3.05) is 0 Å². The topological polar surface area (TPSA) is 71.8 Å². The van der Waals surface area contributed by atoms with Crippen molar-refractivity contribution in [1.82, 2.24) is 4.90 Å². The minimum absolute atomic E-state index is 0.0117. The van der Waals surface area contributed by atoms with Crippen LogP contribution in [0.4, 0.5) is 9.18 Å². The molecule has 1 amide bonds. The Kier molecular flexibility index (Phi) is 6.62. The van der Waals surface area contributed by atoms with Crippen LogP contribution in [0.3, 0.4) is 0 Å². The number of amides is 1. The van der Waals surface area contributed by atoms with Gasteiger partial charge in [-0.1, -0.05) is 0 Å². The maximum absolute atomic E-state index is 13.3. The molecule has 3 aliphatic rings. The van der Waals surface area contributed by atoms with Crippen molar-refractivity contribution in [3.05, 3.63) is 29.6 Å². The summed E-state index contributed by atoms with van der Waals surface area (Å²) in [5, 5.41) is 9.20. The summed E-state index contributed by atoms with van der Waals surface area (Å²) in [6, 6.07) is 6.47. The standard InChI is InChI=1S/C25H33FN2O4/c1-25(2,3)32-24(29)28-18-5-6-19(28)14-22(13-18)30-20-7-9-21(10-8-20)31-23-11-4-17(26)12-16(23)15-27/h4,11-12,18-22H,5-10,13-14H2,1-3H3. The molecule has 0 radical (unpaired) electrons. The molecule has 0 spiro atoms. The zero-order chi connectivity index (χ0) is 22.9. The van der Waals surface area contributed by atoms with Crippen molar-refractivity contribution in [2.45, 2.75) is 108 Å². The molecule has 1 aromatic carbocycles. The number of hydrogen-bond donors (Lipinski definition) is 0. The van der Waals surface area contributed by atoms with E-state index in [0.717, 1.165) is 51.4 Å². The highest BCUT2D eigenvalue weighted by molar-refractivity contribution is 5.69. The first-order valence-electron chi connectivity index (χ1n) is 11.7. The number of carbonyl (C=O) groups excluding carboxylic acids is 1. The number of fused-ring (bicyclic) bond motifs is 2. The smallest absolute Gasteiger partial charge is 0.410 e. The fourth-order valence-electron chi connectivity index (χ4n) is 5.28. The number of hydrogen-bond acceptors (Lipinski definition) is 5. The Labute approximate surface area is 189 Å². The second-order valence-electron chi connectivity index (χ2n) is 10.3. The molecular formula is C25H33FN2O4. The van der Waals surface area contributed by atoms with E-state index >= 15 is 0 Å². The molecule has 174 valence electrons. The van der Waals surface area contributed by atoms with Crippen molar-refractivity contribution < 1.29 is 23.4 Å². The lowest BCUT2D eigenvalue weighted by Crippen LogP contribution is -2.50. The first-order valence-corrected chi connectivity index (χ1v) is 11.7. The quantitative estimate of drug-likeness (QED) is 0.627. The molecule has 1 aromatic rings. The van der Waals surface area contributed by atoms with E-state index < -0.39 is 11.4 Å². The van der Waals surface area contributed by atoms with E-state index in [9.17, 15) is 14.4 Å². The molecule has 7 heteroatoms. The van der Waals surface area contributed by atoms with Crippen LogP contribution in [-0.4, -0.2) is 47.0 Å². The highest BCUT2D eigenvalue weighted by atomic mass is 19.1. The fourth-order valence-corrected chi connectivity index (χ4v) is 5.28. The van der Waals surface area contributed by atoms with Gasteiger partial charge in [-0.15, -0.1) is 0 Å². The number of halogens is 1.